The number of benzene rings is 1. The lowest BCUT2D eigenvalue weighted by Gasteiger charge is -2.39. The maximum Gasteiger partial charge on any atom is 0.246 e. The van der Waals surface area contributed by atoms with Gasteiger partial charge in [-0.25, -0.2) is 0 Å². The number of aromatic nitrogens is 1. The summed E-state index contributed by atoms with van der Waals surface area (Å²) in [5.74, 6) is -1.72. The molecule has 0 spiro atoms. The van der Waals surface area contributed by atoms with Crippen molar-refractivity contribution in [1.29, 1.82) is 0 Å². The molecule has 3 heterocycles. The number of hydrogen-bond acceptors (Lipinski definition) is 7. The number of hydrogen-bond donors (Lipinski definition) is 3. The van der Waals surface area contributed by atoms with Gasteiger partial charge in [-0.2, -0.15) is 4.73 Å². The third-order valence-corrected chi connectivity index (χ3v) is 10.9. The number of carbonyl (C=O) groups excluding carboxylic acids is 5. The Morgan fingerprint density at radius 3 is 2.34 bits per heavy atom. The zero-order valence-electron chi connectivity index (χ0n) is 30.9. The highest BCUT2D eigenvalue weighted by atomic mass is 28.4. The van der Waals surface area contributed by atoms with Gasteiger partial charge in [0.1, 0.15) is 37.4 Å². The number of ketones is 1. The molecule has 2 aromatic rings. The van der Waals surface area contributed by atoms with Crippen molar-refractivity contribution in [3.8, 4) is 0 Å². The van der Waals surface area contributed by atoms with Gasteiger partial charge in [0.15, 0.2) is 14.1 Å². The molecule has 3 N–H and O–H groups in total. The minimum atomic E-state index is -1.97. The predicted octanol–water partition coefficient (Wildman–Crippen LogP) is 3.90. The van der Waals surface area contributed by atoms with E-state index in [1.165, 1.54) is 0 Å². The molecule has 2 unspecified atom stereocenters. The van der Waals surface area contributed by atoms with Crippen molar-refractivity contribution in [3.05, 3.63) is 36.0 Å². The monoisotopic (exact) mass is 711 g/mol. The van der Waals surface area contributed by atoms with Crippen LogP contribution < -0.4 is 20.8 Å². The number of nitrogens with zero attached hydrogens (tertiary/aromatic N) is 2. The molecular weight excluding hydrogens is 655 g/mol. The van der Waals surface area contributed by atoms with E-state index in [4.69, 9.17) is 9.26 Å². The van der Waals surface area contributed by atoms with E-state index in [9.17, 15) is 24.0 Å². The van der Waals surface area contributed by atoms with Gasteiger partial charge >= 0.3 is 0 Å². The highest BCUT2D eigenvalue weighted by molar-refractivity contribution is 6.69. The van der Waals surface area contributed by atoms with Crippen LogP contribution in [0.4, 0.5) is 0 Å². The summed E-state index contributed by atoms with van der Waals surface area (Å²) < 4.78 is 7.80. The molecule has 12 nitrogen and oxygen atoms in total. The highest BCUT2D eigenvalue weighted by Gasteiger charge is 2.41. The molecule has 0 radical (unpaired) electrons. The van der Waals surface area contributed by atoms with Crippen molar-refractivity contribution in [2.24, 2.45) is 5.92 Å². The Kier molecular flexibility index (Phi) is 13.7. The first-order valence-electron chi connectivity index (χ1n) is 18.3. The van der Waals surface area contributed by atoms with E-state index >= 15 is 0 Å². The quantitative estimate of drug-likeness (QED) is 0.199. The SMILES string of the molecule is CCC(=O)C(CCCC[C@@H]1NC(=O)[C@H]2CCCCN2C(=O)[C@H](C(C)CC)NC(=O)[C@H](Cc2cn(OC)c3ccccc23)NC1=O)O[Si](C)(C)C. The number of Topliss-reactive ketones (excluding diaryl/α,β-unsaturated/α-hetero) is 1. The second-order valence-corrected chi connectivity index (χ2v) is 19.2. The average molecular weight is 712 g/mol. The average Bonchev–Trinajstić information content (AvgIpc) is 3.46. The number of rotatable bonds is 14. The first-order valence-corrected chi connectivity index (χ1v) is 21.7. The fraction of sp³-hybridized carbons (Fsp3) is 0.649. The van der Waals surface area contributed by atoms with Gasteiger partial charge in [-0.15, -0.1) is 0 Å². The molecule has 1 aromatic carbocycles. The van der Waals surface area contributed by atoms with Crippen LogP contribution in [0.2, 0.25) is 19.6 Å². The van der Waals surface area contributed by atoms with Crippen LogP contribution in [0.3, 0.4) is 0 Å². The van der Waals surface area contributed by atoms with E-state index in [1.807, 2.05) is 45.0 Å². The molecular formula is C37H57N5O7Si. The van der Waals surface area contributed by atoms with Crippen molar-refractivity contribution in [3.63, 3.8) is 0 Å². The molecule has 13 heteroatoms. The Morgan fingerprint density at radius 2 is 1.66 bits per heavy atom. The summed E-state index contributed by atoms with van der Waals surface area (Å²) in [7, 11) is -0.409. The van der Waals surface area contributed by atoms with Crippen LogP contribution in [0.5, 0.6) is 0 Å². The van der Waals surface area contributed by atoms with E-state index in [-0.39, 0.29) is 29.9 Å². The molecule has 50 heavy (non-hydrogen) atoms. The minimum absolute atomic E-state index is 0.0610. The van der Waals surface area contributed by atoms with E-state index < -0.39 is 50.4 Å². The number of piperidine rings is 1. The first kappa shape index (κ1) is 39.1. The lowest BCUT2D eigenvalue weighted by Crippen LogP contribution is -2.64. The maximum atomic E-state index is 14.2. The largest absolute Gasteiger partial charge is 0.417 e. The van der Waals surface area contributed by atoms with Gasteiger partial charge in [0.25, 0.3) is 0 Å². The topological polar surface area (TPSA) is 148 Å². The molecule has 2 fully saturated rings. The Bertz CT molecular complexity index is 1520. The minimum Gasteiger partial charge on any atom is -0.417 e. The molecule has 2 aliphatic heterocycles. The molecule has 0 aliphatic carbocycles. The summed E-state index contributed by atoms with van der Waals surface area (Å²) in [5.41, 5.74) is 1.60. The number of carbonyl (C=O) groups is 5. The number of fused-ring (bicyclic) bond motifs is 2. The zero-order chi connectivity index (χ0) is 36.6. The Labute approximate surface area is 297 Å². The summed E-state index contributed by atoms with van der Waals surface area (Å²) in [5, 5.41) is 9.80. The Morgan fingerprint density at radius 1 is 0.960 bits per heavy atom. The van der Waals surface area contributed by atoms with Crippen LogP contribution in [-0.2, 0) is 34.8 Å². The molecule has 0 bridgehead atoms. The van der Waals surface area contributed by atoms with Crippen LogP contribution in [0.1, 0.15) is 84.1 Å². The molecule has 276 valence electrons. The first-order chi connectivity index (χ1) is 23.8. The lowest BCUT2D eigenvalue weighted by molar-refractivity contribution is -0.147. The smallest absolute Gasteiger partial charge is 0.246 e. The van der Waals surface area contributed by atoms with E-state index in [0.29, 0.717) is 51.5 Å². The normalized spacial score (nSPS) is 23.5. The van der Waals surface area contributed by atoms with Gasteiger partial charge in [-0.3, -0.25) is 24.0 Å². The summed E-state index contributed by atoms with van der Waals surface area (Å²) >= 11 is 0. The molecule has 0 saturated carbocycles. The number of amides is 4. The molecule has 6 atom stereocenters. The van der Waals surface area contributed by atoms with Gasteiger partial charge in [-0.05, 0) is 69.3 Å². The summed E-state index contributed by atoms with van der Waals surface area (Å²) in [6.07, 6.45) is 6.46. The third kappa shape index (κ3) is 9.74. The van der Waals surface area contributed by atoms with Crippen LogP contribution in [0.15, 0.2) is 30.5 Å². The van der Waals surface area contributed by atoms with Gasteiger partial charge in [0.05, 0.1) is 5.52 Å². The fourth-order valence-electron chi connectivity index (χ4n) is 6.97. The molecule has 1 aromatic heterocycles. The summed E-state index contributed by atoms with van der Waals surface area (Å²) in [6, 6.07) is 4.07. The molecule has 2 aliphatic rings. The standard InChI is InChI=1S/C37H57N5O7Si/c1-8-24(3)33-37(47)41-21-15-14-19-30(41)36(46)38-27(17-11-13-20-32(31(43)9-2)49-50(5,6)7)34(44)39-28(35(45)40-33)22-25-23-42(48-4)29-18-12-10-16-26(25)29/h10,12,16,18,23-24,27-28,30,32-33H,8-9,11,13-15,17,19-22H2,1-7H3,(H,38,46)(H,39,44)(H,40,45)/t24?,27-,28-,30+,32?,33-/m0/s1. The number of nitrogens with one attached hydrogen (secondary N) is 3. The van der Waals surface area contributed by atoms with E-state index in [2.05, 4.69) is 35.6 Å². The van der Waals surface area contributed by atoms with Crippen molar-refractivity contribution in [2.75, 3.05) is 13.7 Å². The summed E-state index contributed by atoms with van der Waals surface area (Å²) in [4.78, 5) is 76.2. The van der Waals surface area contributed by atoms with Crippen LogP contribution in [0, 0.1) is 5.92 Å². The zero-order valence-corrected chi connectivity index (χ0v) is 31.9. The predicted molar refractivity (Wildman–Crippen MR) is 195 cm³/mol. The van der Waals surface area contributed by atoms with Crippen LogP contribution in [-0.4, -0.2) is 91.3 Å². The third-order valence-electron chi connectivity index (χ3n) is 9.93. The second kappa shape index (κ2) is 17.5. The summed E-state index contributed by atoms with van der Waals surface area (Å²) in [6.45, 7) is 12.3. The van der Waals surface area contributed by atoms with Gasteiger partial charge in [-0.1, -0.05) is 58.2 Å². The van der Waals surface area contributed by atoms with Crippen LogP contribution >= 0.6 is 0 Å². The van der Waals surface area contributed by atoms with Gasteiger partial charge in [0.2, 0.25) is 23.6 Å². The lowest BCUT2D eigenvalue weighted by atomic mass is 9.93. The van der Waals surface area contributed by atoms with Crippen molar-refractivity contribution >= 4 is 48.6 Å². The number of para-hydroxylation sites is 1. The van der Waals surface area contributed by atoms with Crippen molar-refractivity contribution in [2.45, 2.75) is 135 Å². The molecule has 4 amide bonds. The van der Waals surface area contributed by atoms with Gasteiger partial charge in [0, 0.05) is 31.0 Å². The maximum absolute atomic E-state index is 14.2. The highest BCUT2D eigenvalue weighted by Crippen LogP contribution is 2.25. The van der Waals surface area contributed by atoms with Crippen molar-refractivity contribution in [1.82, 2.24) is 25.6 Å². The van der Waals surface area contributed by atoms with Crippen molar-refractivity contribution < 1.29 is 33.2 Å². The Hall–Kier alpha value is -3.71. The van der Waals surface area contributed by atoms with E-state index in [0.717, 1.165) is 29.3 Å². The second-order valence-electron chi connectivity index (χ2n) is 14.7. The fourth-order valence-corrected chi connectivity index (χ4v) is 8.07. The van der Waals surface area contributed by atoms with Crippen LogP contribution in [0.25, 0.3) is 10.9 Å². The molecule has 2 saturated heterocycles. The Balaban J connectivity index is 1.65. The molecule has 4 rings (SSSR count). The van der Waals surface area contributed by atoms with Gasteiger partial charge < -0.3 is 30.1 Å². The number of unbranched alkanes of at least 4 members (excludes halogenated alkanes) is 1. The van der Waals surface area contributed by atoms with E-state index in [1.54, 1.807) is 22.9 Å².